The molecule has 28 heavy (non-hydrogen) atoms. The van der Waals surface area contributed by atoms with Crippen LogP contribution in [0.3, 0.4) is 0 Å². The molecule has 0 amide bonds. The van der Waals surface area contributed by atoms with Crippen LogP contribution in [0.15, 0.2) is 27.6 Å². The van der Waals surface area contributed by atoms with E-state index in [-0.39, 0.29) is 30.2 Å². The summed E-state index contributed by atoms with van der Waals surface area (Å²) in [5.74, 6) is -0.0117. The van der Waals surface area contributed by atoms with Gasteiger partial charge in [0, 0.05) is 6.42 Å². The van der Waals surface area contributed by atoms with Crippen molar-refractivity contribution in [3.63, 3.8) is 0 Å². The van der Waals surface area contributed by atoms with Crippen molar-refractivity contribution in [2.75, 3.05) is 0 Å². The van der Waals surface area contributed by atoms with E-state index in [1.165, 1.54) is 0 Å². The molecule has 0 N–H and O–H groups in total. The largest absolute Gasteiger partial charge is 0.454 e. The molecule has 1 aliphatic carbocycles. The number of esters is 1. The van der Waals surface area contributed by atoms with Gasteiger partial charge in [0.05, 0.1) is 4.90 Å². The summed E-state index contributed by atoms with van der Waals surface area (Å²) in [5.41, 5.74) is 1.46. The molecule has 1 fully saturated rings. The van der Waals surface area contributed by atoms with Gasteiger partial charge >= 0.3 is 5.97 Å². The molecule has 2 aromatic rings. The summed E-state index contributed by atoms with van der Waals surface area (Å²) in [6.45, 7) is 5.35. The van der Waals surface area contributed by atoms with Crippen LogP contribution in [-0.2, 0) is 32.4 Å². The first kappa shape index (κ1) is 20.5. The number of aryl methyl sites for hydroxylation is 3. The van der Waals surface area contributed by atoms with Crippen molar-refractivity contribution in [1.82, 2.24) is 10.1 Å². The van der Waals surface area contributed by atoms with E-state index < -0.39 is 20.6 Å². The van der Waals surface area contributed by atoms with E-state index in [1.54, 1.807) is 19.1 Å². The van der Waals surface area contributed by atoms with Gasteiger partial charge in [-0.3, -0.25) is 4.79 Å². The fourth-order valence-electron chi connectivity index (χ4n) is 3.67. The predicted octanol–water partition coefficient (Wildman–Crippen LogP) is 3.47. The quantitative estimate of drug-likeness (QED) is 0.649. The van der Waals surface area contributed by atoms with Gasteiger partial charge in [-0.15, -0.1) is 0 Å². The Bertz CT molecular complexity index is 959. The number of sulfone groups is 1. The molecule has 0 spiro atoms. The zero-order valence-corrected chi connectivity index (χ0v) is 17.3. The highest BCUT2D eigenvalue weighted by molar-refractivity contribution is 7.93. The molecule has 0 radical (unpaired) electrons. The maximum absolute atomic E-state index is 13.5. The first-order chi connectivity index (χ1) is 13.3. The maximum Gasteiger partial charge on any atom is 0.328 e. The van der Waals surface area contributed by atoms with Crippen LogP contribution in [0.5, 0.6) is 0 Å². The number of carbonyl (C=O) groups is 1. The minimum atomic E-state index is -3.90. The van der Waals surface area contributed by atoms with Crippen LogP contribution >= 0.6 is 0 Å². The Hall–Kier alpha value is -2.22. The van der Waals surface area contributed by atoms with Gasteiger partial charge in [-0.05, 0) is 50.3 Å². The van der Waals surface area contributed by atoms with Gasteiger partial charge in [-0.2, -0.15) is 4.98 Å². The summed E-state index contributed by atoms with van der Waals surface area (Å²) in [6.07, 6.45) is 3.39. The molecular weight excluding hydrogens is 380 g/mol. The Kier molecular flexibility index (Phi) is 5.88. The zero-order valence-electron chi connectivity index (χ0n) is 16.5. The van der Waals surface area contributed by atoms with Crippen molar-refractivity contribution in [1.29, 1.82) is 0 Å². The molecule has 152 valence electrons. The summed E-state index contributed by atoms with van der Waals surface area (Å²) in [5, 5.41) is 3.82. The lowest BCUT2D eigenvalue weighted by Gasteiger charge is -2.27. The number of ether oxygens (including phenoxy) is 1. The van der Waals surface area contributed by atoms with Gasteiger partial charge < -0.3 is 9.26 Å². The van der Waals surface area contributed by atoms with Gasteiger partial charge in [0.1, 0.15) is 0 Å². The van der Waals surface area contributed by atoms with Crippen molar-refractivity contribution in [2.45, 2.75) is 75.5 Å². The lowest BCUT2D eigenvalue weighted by molar-refractivity contribution is -0.148. The molecule has 1 aliphatic rings. The lowest BCUT2D eigenvalue weighted by atomic mass is 10.1. The molecule has 8 heteroatoms. The van der Waals surface area contributed by atoms with Gasteiger partial charge in [-0.1, -0.05) is 37.1 Å². The molecule has 0 bridgehead atoms. The summed E-state index contributed by atoms with van der Waals surface area (Å²) in [4.78, 5) is 17.4. The molecule has 1 aromatic carbocycles. The van der Waals surface area contributed by atoms with E-state index in [0.29, 0.717) is 30.7 Å². The normalized spacial score (nSPS) is 16.2. The zero-order chi connectivity index (χ0) is 20.4. The summed E-state index contributed by atoms with van der Waals surface area (Å²) < 4.78 is 35.9. The molecule has 0 aliphatic heterocycles. The van der Waals surface area contributed by atoms with Crippen LogP contribution in [0.25, 0.3) is 0 Å². The highest BCUT2D eigenvalue weighted by Crippen LogP contribution is 2.42. The monoisotopic (exact) mass is 406 g/mol. The van der Waals surface area contributed by atoms with E-state index in [2.05, 4.69) is 10.1 Å². The van der Waals surface area contributed by atoms with Crippen LogP contribution in [0, 0.1) is 13.8 Å². The molecule has 1 heterocycles. The molecule has 0 atom stereocenters. The van der Waals surface area contributed by atoms with Crippen molar-refractivity contribution in [3.8, 4) is 0 Å². The number of nitrogens with zero attached hydrogens (tertiary/aromatic N) is 2. The standard InChI is InChI=1S/C20H26N2O5S/c1-4-7-17-21-18(27-22-17)13-26-19(23)20(10-5-6-11-20)28(24,25)16-12-14(2)8-9-15(16)3/h8-9,12H,4-7,10-11,13H2,1-3H3. The fourth-order valence-corrected chi connectivity index (χ4v) is 6.03. The number of hydrogen-bond donors (Lipinski definition) is 0. The highest BCUT2D eigenvalue weighted by Gasteiger charge is 2.54. The second-order valence-corrected chi connectivity index (χ2v) is 9.63. The number of aromatic nitrogens is 2. The first-order valence-corrected chi connectivity index (χ1v) is 11.1. The second-order valence-electron chi connectivity index (χ2n) is 7.40. The average Bonchev–Trinajstić information content (AvgIpc) is 3.32. The molecule has 1 saturated carbocycles. The van der Waals surface area contributed by atoms with Crippen molar-refractivity contribution in [2.24, 2.45) is 0 Å². The Labute approximate surface area is 165 Å². The van der Waals surface area contributed by atoms with Crippen LogP contribution in [0.2, 0.25) is 0 Å². The molecule has 7 nitrogen and oxygen atoms in total. The van der Waals surface area contributed by atoms with Gasteiger partial charge in [0.25, 0.3) is 5.89 Å². The van der Waals surface area contributed by atoms with E-state index in [1.807, 2.05) is 19.9 Å². The van der Waals surface area contributed by atoms with E-state index in [9.17, 15) is 13.2 Å². The average molecular weight is 407 g/mol. The number of hydrogen-bond acceptors (Lipinski definition) is 7. The van der Waals surface area contributed by atoms with Gasteiger partial charge in [-0.25, -0.2) is 8.42 Å². The Morgan fingerprint density at radius 2 is 1.96 bits per heavy atom. The predicted molar refractivity (Wildman–Crippen MR) is 102 cm³/mol. The minimum absolute atomic E-state index is 0.175. The number of carbonyl (C=O) groups excluding carboxylic acids is 1. The molecule has 3 rings (SSSR count). The van der Waals surface area contributed by atoms with Crippen molar-refractivity contribution in [3.05, 3.63) is 41.0 Å². The van der Waals surface area contributed by atoms with E-state index in [4.69, 9.17) is 9.26 Å². The maximum atomic E-state index is 13.5. The number of rotatable bonds is 7. The van der Waals surface area contributed by atoms with Gasteiger partial charge in [0.15, 0.2) is 27.0 Å². The van der Waals surface area contributed by atoms with Crippen LogP contribution in [-0.4, -0.2) is 29.3 Å². The van der Waals surface area contributed by atoms with Crippen LogP contribution < -0.4 is 0 Å². The Morgan fingerprint density at radius 1 is 1.25 bits per heavy atom. The Balaban J connectivity index is 1.86. The molecular formula is C20H26N2O5S. The van der Waals surface area contributed by atoms with Gasteiger partial charge in [0.2, 0.25) is 0 Å². The lowest BCUT2D eigenvalue weighted by Crippen LogP contribution is -2.45. The number of benzene rings is 1. The topological polar surface area (TPSA) is 99.4 Å². The molecule has 0 unspecified atom stereocenters. The minimum Gasteiger partial charge on any atom is -0.454 e. The third-order valence-corrected chi connectivity index (χ3v) is 7.86. The third kappa shape index (κ3) is 3.70. The van der Waals surface area contributed by atoms with Crippen LogP contribution in [0.4, 0.5) is 0 Å². The van der Waals surface area contributed by atoms with Crippen LogP contribution in [0.1, 0.15) is 61.9 Å². The smallest absolute Gasteiger partial charge is 0.328 e. The highest BCUT2D eigenvalue weighted by atomic mass is 32.2. The summed E-state index contributed by atoms with van der Waals surface area (Å²) >= 11 is 0. The van der Waals surface area contributed by atoms with Crippen molar-refractivity contribution >= 4 is 15.8 Å². The summed E-state index contributed by atoms with van der Waals surface area (Å²) in [6, 6.07) is 5.26. The molecule has 1 aromatic heterocycles. The summed E-state index contributed by atoms with van der Waals surface area (Å²) in [7, 11) is -3.90. The first-order valence-electron chi connectivity index (χ1n) is 9.61. The fraction of sp³-hybridized carbons (Fsp3) is 0.550. The van der Waals surface area contributed by atoms with E-state index >= 15 is 0 Å². The second kappa shape index (κ2) is 8.03. The third-order valence-electron chi connectivity index (χ3n) is 5.24. The molecule has 0 saturated heterocycles. The Morgan fingerprint density at radius 3 is 2.64 bits per heavy atom. The SMILES string of the molecule is CCCc1noc(COC(=O)C2(S(=O)(=O)c3cc(C)ccc3C)CCCC2)n1. The van der Waals surface area contributed by atoms with E-state index in [0.717, 1.165) is 12.0 Å². The van der Waals surface area contributed by atoms with Crippen molar-refractivity contribution < 1.29 is 22.5 Å².